The number of oxime groups is 2. The van der Waals surface area contributed by atoms with Gasteiger partial charge in [-0.2, -0.15) is 0 Å². The molecule has 0 unspecified atom stereocenters. The molecule has 0 N–H and O–H groups in total. The summed E-state index contributed by atoms with van der Waals surface area (Å²) in [5, 5.41) is 7.27. The van der Waals surface area contributed by atoms with E-state index in [1.165, 1.54) is 13.8 Å². The quantitative estimate of drug-likeness (QED) is 0.407. The lowest BCUT2D eigenvalue weighted by molar-refractivity contribution is -0.142. The normalized spacial score (nSPS) is 12.2. The largest absolute Gasteiger partial charge is 0.331 e. The smallest absolute Gasteiger partial charge is 0.318 e. The van der Waals surface area contributed by atoms with E-state index in [9.17, 15) is 9.59 Å². The van der Waals surface area contributed by atoms with Crippen molar-refractivity contribution in [3.05, 3.63) is 0 Å². The van der Waals surface area contributed by atoms with Gasteiger partial charge in [0.05, 0.1) is 0 Å². The molecule has 0 rings (SSSR count). The van der Waals surface area contributed by atoms with Crippen molar-refractivity contribution in [2.75, 3.05) is 0 Å². The van der Waals surface area contributed by atoms with Crippen molar-refractivity contribution < 1.29 is 19.3 Å². The summed E-state index contributed by atoms with van der Waals surface area (Å²) in [6.07, 6.45) is 1.06. The van der Waals surface area contributed by atoms with Crippen molar-refractivity contribution >= 4 is 23.4 Å². The first kappa shape index (κ1) is 14.3. The van der Waals surface area contributed by atoms with Gasteiger partial charge in [-0.05, 0) is 12.8 Å². The second kappa shape index (κ2) is 7.56. The first-order valence-electron chi connectivity index (χ1n) is 5.00. The Morgan fingerprint density at radius 3 is 1.38 bits per heavy atom. The molecule has 0 spiro atoms. The van der Waals surface area contributed by atoms with Crippen LogP contribution in [0.3, 0.4) is 0 Å². The minimum atomic E-state index is -0.506. The number of rotatable bonds is 5. The highest BCUT2D eigenvalue weighted by Crippen LogP contribution is 1.98. The van der Waals surface area contributed by atoms with Gasteiger partial charge in [0.25, 0.3) is 0 Å². The Labute approximate surface area is 94.3 Å². The molecule has 0 bridgehead atoms. The topological polar surface area (TPSA) is 77.3 Å². The number of carbonyl (C=O) groups is 2. The Morgan fingerprint density at radius 1 is 0.875 bits per heavy atom. The zero-order valence-corrected chi connectivity index (χ0v) is 9.94. The lowest BCUT2D eigenvalue weighted by Gasteiger charge is -2.03. The molecule has 0 aromatic carbocycles. The van der Waals surface area contributed by atoms with Gasteiger partial charge in [0.2, 0.25) is 0 Å². The summed E-state index contributed by atoms with van der Waals surface area (Å²) < 4.78 is 0. The predicted molar refractivity (Wildman–Crippen MR) is 59.0 cm³/mol. The van der Waals surface area contributed by atoms with Crippen LogP contribution < -0.4 is 0 Å². The highest BCUT2D eigenvalue weighted by molar-refractivity contribution is 6.42. The maximum absolute atomic E-state index is 10.6. The maximum Gasteiger partial charge on any atom is 0.331 e. The predicted octanol–water partition coefficient (Wildman–Crippen LogP) is 1.64. The Hall–Kier alpha value is -1.72. The summed E-state index contributed by atoms with van der Waals surface area (Å²) in [5.74, 6) is -1.01. The van der Waals surface area contributed by atoms with E-state index in [-0.39, 0.29) is 0 Å². The average Bonchev–Trinajstić information content (AvgIpc) is 2.22. The summed E-state index contributed by atoms with van der Waals surface area (Å²) in [6.45, 7) is 6.18. The number of hydrogen-bond donors (Lipinski definition) is 0. The van der Waals surface area contributed by atoms with Gasteiger partial charge in [0, 0.05) is 13.8 Å². The molecule has 16 heavy (non-hydrogen) atoms. The minimum absolute atomic E-state index is 0.485. The van der Waals surface area contributed by atoms with E-state index in [1.54, 1.807) is 0 Å². The van der Waals surface area contributed by atoms with Gasteiger partial charge in [-0.15, -0.1) is 0 Å². The molecule has 6 nitrogen and oxygen atoms in total. The number of nitrogens with zero attached hydrogens (tertiary/aromatic N) is 2. The van der Waals surface area contributed by atoms with E-state index in [0.29, 0.717) is 24.3 Å². The second-order valence-electron chi connectivity index (χ2n) is 2.95. The fourth-order valence-corrected chi connectivity index (χ4v) is 0.881. The van der Waals surface area contributed by atoms with Crippen LogP contribution in [-0.2, 0) is 19.3 Å². The molecular weight excluding hydrogens is 212 g/mol. The van der Waals surface area contributed by atoms with E-state index in [2.05, 4.69) is 20.0 Å². The molecule has 0 aliphatic heterocycles. The van der Waals surface area contributed by atoms with Gasteiger partial charge in [-0.3, -0.25) is 0 Å². The summed E-state index contributed by atoms with van der Waals surface area (Å²) in [7, 11) is 0. The fourth-order valence-electron chi connectivity index (χ4n) is 0.881. The summed E-state index contributed by atoms with van der Waals surface area (Å²) in [4.78, 5) is 30.2. The monoisotopic (exact) mass is 228 g/mol. The van der Waals surface area contributed by atoms with Crippen LogP contribution >= 0.6 is 0 Å². The van der Waals surface area contributed by atoms with Crippen molar-refractivity contribution in [2.45, 2.75) is 40.5 Å². The molecule has 0 saturated heterocycles. The molecule has 0 radical (unpaired) electrons. The first-order chi connectivity index (χ1) is 7.51. The van der Waals surface area contributed by atoms with Crippen molar-refractivity contribution in [3.63, 3.8) is 0 Å². The Bertz CT molecular complexity index is 289. The van der Waals surface area contributed by atoms with E-state index in [0.717, 1.165) is 0 Å². The average molecular weight is 228 g/mol. The molecule has 0 fully saturated rings. The second-order valence-corrected chi connectivity index (χ2v) is 2.95. The van der Waals surface area contributed by atoms with E-state index in [1.807, 2.05) is 13.8 Å². The van der Waals surface area contributed by atoms with Crippen molar-refractivity contribution in [3.8, 4) is 0 Å². The van der Waals surface area contributed by atoms with E-state index < -0.39 is 11.9 Å². The van der Waals surface area contributed by atoms with Crippen LogP contribution in [-0.4, -0.2) is 23.4 Å². The van der Waals surface area contributed by atoms with Crippen molar-refractivity contribution in [1.82, 2.24) is 0 Å². The van der Waals surface area contributed by atoms with Crippen LogP contribution in [0.4, 0.5) is 0 Å². The Kier molecular flexibility index (Phi) is 6.74. The third kappa shape index (κ3) is 5.90. The number of hydrogen-bond acceptors (Lipinski definition) is 6. The Morgan fingerprint density at radius 2 is 1.19 bits per heavy atom. The van der Waals surface area contributed by atoms with Crippen LogP contribution in [0.25, 0.3) is 0 Å². The highest BCUT2D eigenvalue weighted by atomic mass is 16.7. The lowest BCUT2D eigenvalue weighted by Crippen LogP contribution is -2.15. The molecular formula is C10H16N2O4. The van der Waals surface area contributed by atoms with Crippen molar-refractivity contribution in [1.29, 1.82) is 0 Å². The summed E-state index contributed by atoms with van der Waals surface area (Å²) in [5.41, 5.74) is 0.970. The molecule has 0 amide bonds. The molecule has 0 aromatic heterocycles. The van der Waals surface area contributed by atoms with Crippen LogP contribution in [0, 0.1) is 0 Å². The molecule has 0 saturated carbocycles. The zero-order chi connectivity index (χ0) is 12.6. The van der Waals surface area contributed by atoms with Crippen LogP contribution in [0.2, 0.25) is 0 Å². The molecule has 90 valence electrons. The third-order valence-corrected chi connectivity index (χ3v) is 1.57. The standard InChI is InChI=1S/C10H16N2O4/c1-5-9(11-15-7(3)13)10(6-2)12-16-8(4)14/h5-6H2,1-4H3. The van der Waals surface area contributed by atoms with Crippen LogP contribution in [0.15, 0.2) is 10.3 Å². The highest BCUT2D eigenvalue weighted by Gasteiger charge is 2.08. The molecule has 6 heteroatoms. The van der Waals surface area contributed by atoms with Crippen LogP contribution in [0.1, 0.15) is 40.5 Å². The molecule has 0 aliphatic carbocycles. The Balaban J connectivity index is 4.74. The third-order valence-electron chi connectivity index (χ3n) is 1.57. The molecule has 0 heterocycles. The zero-order valence-electron chi connectivity index (χ0n) is 9.94. The van der Waals surface area contributed by atoms with E-state index >= 15 is 0 Å². The molecule has 0 aliphatic rings. The first-order valence-corrected chi connectivity index (χ1v) is 5.00. The minimum Gasteiger partial charge on any atom is -0.318 e. The summed E-state index contributed by atoms with van der Waals surface area (Å²) >= 11 is 0. The molecule has 0 atom stereocenters. The maximum atomic E-state index is 10.6. The van der Waals surface area contributed by atoms with E-state index in [4.69, 9.17) is 0 Å². The molecule has 0 aromatic rings. The van der Waals surface area contributed by atoms with Gasteiger partial charge < -0.3 is 9.68 Å². The SMILES string of the molecule is CCC(=NOC(C)=O)C(CC)=NOC(C)=O. The van der Waals surface area contributed by atoms with Gasteiger partial charge in [-0.25, -0.2) is 9.59 Å². The fraction of sp³-hybridized carbons (Fsp3) is 0.600. The van der Waals surface area contributed by atoms with Crippen molar-refractivity contribution in [2.24, 2.45) is 10.3 Å². The lowest BCUT2D eigenvalue weighted by atomic mass is 10.1. The van der Waals surface area contributed by atoms with Crippen LogP contribution in [0.5, 0.6) is 0 Å². The van der Waals surface area contributed by atoms with Gasteiger partial charge in [0.1, 0.15) is 11.4 Å². The van der Waals surface area contributed by atoms with Gasteiger partial charge >= 0.3 is 11.9 Å². The van der Waals surface area contributed by atoms with Gasteiger partial charge in [0.15, 0.2) is 0 Å². The summed E-state index contributed by atoms with van der Waals surface area (Å²) in [6, 6.07) is 0. The van der Waals surface area contributed by atoms with Gasteiger partial charge in [-0.1, -0.05) is 24.2 Å². The number of carbonyl (C=O) groups excluding carboxylic acids is 2.